The fourth-order valence-corrected chi connectivity index (χ4v) is 2.16. The molecule has 0 spiro atoms. The number of ether oxygens (including phenoxy) is 1. The highest BCUT2D eigenvalue weighted by Gasteiger charge is 2.04. The van der Waals surface area contributed by atoms with Gasteiger partial charge in [0.2, 0.25) is 0 Å². The Morgan fingerprint density at radius 1 is 1.50 bits per heavy atom. The Kier molecular flexibility index (Phi) is 6.64. The lowest BCUT2D eigenvalue weighted by molar-refractivity contribution is 0.184. The summed E-state index contributed by atoms with van der Waals surface area (Å²) in [4.78, 5) is 0. The van der Waals surface area contributed by atoms with Crippen molar-refractivity contribution in [2.45, 2.75) is 20.0 Å². The third-order valence-electron chi connectivity index (χ3n) is 2.03. The smallest absolute Gasteiger partial charge is 0.119 e. The van der Waals surface area contributed by atoms with Gasteiger partial charge in [0.25, 0.3) is 0 Å². The molecule has 0 heterocycles. The zero-order chi connectivity index (χ0) is 11.8. The zero-order valence-electron chi connectivity index (χ0n) is 9.64. The number of hydrogen-bond acceptors (Lipinski definition) is 2. The van der Waals surface area contributed by atoms with Gasteiger partial charge >= 0.3 is 0 Å². The molecule has 0 amide bonds. The zero-order valence-corrected chi connectivity index (χ0v) is 11.8. The summed E-state index contributed by atoms with van der Waals surface area (Å²) in [7, 11) is 2.97. The van der Waals surface area contributed by atoms with Crippen LogP contribution in [-0.2, 0) is 4.52 Å². The minimum Gasteiger partial charge on any atom is -0.491 e. The van der Waals surface area contributed by atoms with Crippen molar-refractivity contribution in [3.8, 4) is 5.75 Å². The first kappa shape index (κ1) is 13.6. The summed E-state index contributed by atoms with van der Waals surface area (Å²) < 4.78 is 11.2. The van der Waals surface area contributed by atoms with E-state index >= 15 is 0 Å². The van der Waals surface area contributed by atoms with Crippen molar-refractivity contribution in [2.24, 2.45) is 0 Å². The predicted molar refractivity (Wildman–Crippen MR) is 74.4 cm³/mol. The monoisotopic (exact) mass is 256 g/mol. The molecule has 0 radical (unpaired) electrons. The number of aryl methyl sites for hydroxylation is 1. The fourth-order valence-electron chi connectivity index (χ4n) is 1.31. The average Bonchev–Trinajstić information content (AvgIpc) is 2.27. The van der Waals surface area contributed by atoms with Crippen LogP contribution in [-0.4, -0.2) is 12.7 Å². The highest BCUT2D eigenvalue weighted by atomic mass is 32.0. The van der Waals surface area contributed by atoms with Crippen molar-refractivity contribution in [3.63, 3.8) is 0 Å². The summed E-state index contributed by atoms with van der Waals surface area (Å²) in [6.07, 6.45) is 4.02. The van der Waals surface area contributed by atoms with Crippen LogP contribution in [0.2, 0.25) is 0 Å². The van der Waals surface area contributed by atoms with E-state index in [4.69, 9.17) is 9.26 Å². The molecule has 2 nitrogen and oxygen atoms in total. The standard InChI is InChI=1S/C12H18O2P2/c1-3-5-12(14-16-15)9-13-11-7-4-6-10(2)8-11/h3-8,12,16H,9,15H2,1-2H3/b5-3+/t12-/m1/s1. The summed E-state index contributed by atoms with van der Waals surface area (Å²) >= 11 is 0. The third kappa shape index (κ3) is 5.07. The Hall–Kier alpha value is -0.420. The lowest BCUT2D eigenvalue weighted by Gasteiger charge is -2.14. The first-order valence-electron chi connectivity index (χ1n) is 5.19. The van der Waals surface area contributed by atoms with Crippen molar-refractivity contribution < 1.29 is 9.26 Å². The first-order chi connectivity index (χ1) is 7.76. The molecule has 2 unspecified atom stereocenters. The summed E-state index contributed by atoms with van der Waals surface area (Å²) in [5.41, 5.74) is 1.20. The van der Waals surface area contributed by atoms with Crippen molar-refractivity contribution >= 4 is 17.4 Å². The van der Waals surface area contributed by atoms with Crippen LogP contribution in [0.25, 0.3) is 0 Å². The van der Waals surface area contributed by atoms with Gasteiger partial charge in [-0.05, 0) is 31.5 Å². The molecule has 0 aliphatic carbocycles. The molecule has 3 atom stereocenters. The summed E-state index contributed by atoms with van der Waals surface area (Å²) in [5.74, 6) is 0.894. The number of allylic oxidation sites excluding steroid dienone is 1. The second-order valence-corrected chi connectivity index (χ2v) is 4.61. The van der Waals surface area contributed by atoms with Gasteiger partial charge in [0.15, 0.2) is 0 Å². The molecule has 0 aliphatic rings. The van der Waals surface area contributed by atoms with Gasteiger partial charge in [0.1, 0.15) is 18.5 Å². The Labute approximate surface area is 101 Å². The van der Waals surface area contributed by atoms with Gasteiger partial charge in [-0.25, -0.2) is 0 Å². The largest absolute Gasteiger partial charge is 0.491 e. The molecule has 4 heteroatoms. The summed E-state index contributed by atoms with van der Waals surface area (Å²) in [6.45, 7) is 4.58. The van der Waals surface area contributed by atoms with E-state index in [-0.39, 0.29) is 6.10 Å². The van der Waals surface area contributed by atoms with Gasteiger partial charge < -0.3 is 9.26 Å². The van der Waals surface area contributed by atoms with Crippen LogP contribution in [0.4, 0.5) is 0 Å². The van der Waals surface area contributed by atoms with Crippen LogP contribution >= 0.6 is 17.4 Å². The maximum absolute atomic E-state index is 5.67. The van der Waals surface area contributed by atoms with Crippen molar-refractivity contribution in [1.82, 2.24) is 0 Å². The minimum absolute atomic E-state index is 0.0290. The van der Waals surface area contributed by atoms with Gasteiger partial charge in [0.05, 0.1) is 0 Å². The molecule has 0 N–H and O–H groups in total. The van der Waals surface area contributed by atoms with Crippen LogP contribution in [0.15, 0.2) is 36.4 Å². The molecule has 0 aromatic heterocycles. The highest BCUT2D eigenvalue weighted by molar-refractivity contribution is 8.00. The van der Waals surface area contributed by atoms with Crippen LogP contribution in [0.5, 0.6) is 5.75 Å². The molecule has 88 valence electrons. The molecule has 1 rings (SSSR count). The van der Waals surface area contributed by atoms with Gasteiger partial charge in [-0.2, -0.15) is 0 Å². The van der Waals surface area contributed by atoms with Gasteiger partial charge in [-0.1, -0.05) is 33.2 Å². The van der Waals surface area contributed by atoms with Gasteiger partial charge in [0, 0.05) is 8.50 Å². The molecule has 0 fully saturated rings. The topological polar surface area (TPSA) is 18.5 Å². The fraction of sp³-hybridized carbons (Fsp3) is 0.333. The molecule has 0 saturated heterocycles. The molecule has 1 aromatic rings. The van der Waals surface area contributed by atoms with E-state index < -0.39 is 0 Å². The van der Waals surface area contributed by atoms with Crippen LogP contribution < -0.4 is 4.74 Å². The van der Waals surface area contributed by atoms with E-state index in [1.54, 1.807) is 0 Å². The number of rotatable bonds is 6. The lowest BCUT2D eigenvalue weighted by Crippen LogP contribution is -2.15. The van der Waals surface area contributed by atoms with Crippen LogP contribution in [0, 0.1) is 6.92 Å². The van der Waals surface area contributed by atoms with Gasteiger partial charge in [-0.15, -0.1) is 0 Å². The summed E-state index contributed by atoms with van der Waals surface area (Å²) in [5, 5.41) is 0. The second-order valence-electron chi connectivity index (χ2n) is 3.43. The number of benzene rings is 1. The Morgan fingerprint density at radius 3 is 2.94 bits per heavy atom. The van der Waals surface area contributed by atoms with Crippen molar-refractivity contribution in [3.05, 3.63) is 42.0 Å². The average molecular weight is 256 g/mol. The first-order valence-corrected chi connectivity index (χ1v) is 7.91. The highest BCUT2D eigenvalue weighted by Crippen LogP contribution is 2.24. The molecule has 1 aromatic carbocycles. The van der Waals surface area contributed by atoms with Crippen LogP contribution in [0.1, 0.15) is 12.5 Å². The molecule has 0 bridgehead atoms. The van der Waals surface area contributed by atoms with E-state index in [2.05, 4.69) is 21.9 Å². The maximum Gasteiger partial charge on any atom is 0.119 e. The molecule has 0 saturated carbocycles. The lowest BCUT2D eigenvalue weighted by atomic mass is 10.2. The van der Waals surface area contributed by atoms with E-state index in [0.717, 1.165) is 5.75 Å². The van der Waals surface area contributed by atoms with Crippen molar-refractivity contribution in [1.29, 1.82) is 0 Å². The molecule has 16 heavy (non-hydrogen) atoms. The van der Waals surface area contributed by atoms with Gasteiger partial charge in [-0.3, -0.25) is 0 Å². The minimum atomic E-state index is 0.0290. The van der Waals surface area contributed by atoms with E-state index in [0.29, 0.717) is 15.1 Å². The SMILES string of the molecule is C/C=C/[C@H](COc1cccc(C)c1)OPP. The predicted octanol–water partition coefficient (Wildman–Crippen LogP) is 3.72. The quantitative estimate of drug-likeness (QED) is 0.570. The number of hydrogen-bond donors (Lipinski definition) is 0. The van der Waals surface area contributed by atoms with E-state index in [1.807, 2.05) is 37.3 Å². The summed E-state index contributed by atoms with van der Waals surface area (Å²) in [6, 6.07) is 8.03. The maximum atomic E-state index is 5.67. The van der Waals surface area contributed by atoms with Crippen molar-refractivity contribution in [2.75, 3.05) is 6.61 Å². The Balaban J connectivity index is 2.48. The Bertz CT molecular complexity index is 340. The molecular formula is C12H18O2P2. The Morgan fingerprint density at radius 2 is 2.31 bits per heavy atom. The molecular weight excluding hydrogens is 238 g/mol. The van der Waals surface area contributed by atoms with E-state index in [9.17, 15) is 0 Å². The third-order valence-corrected chi connectivity index (χ3v) is 2.88. The molecule has 0 aliphatic heterocycles. The van der Waals surface area contributed by atoms with E-state index in [1.165, 1.54) is 5.56 Å². The second kappa shape index (κ2) is 7.79. The van der Waals surface area contributed by atoms with Crippen LogP contribution in [0.3, 0.4) is 0 Å². The normalized spacial score (nSPS) is 13.7.